The lowest BCUT2D eigenvalue weighted by Gasteiger charge is -2.26. The molecule has 0 radical (unpaired) electrons. The van der Waals surface area contributed by atoms with E-state index < -0.39 is 0 Å². The molecule has 24 heavy (non-hydrogen) atoms. The van der Waals surface area contributed by atoms with Gasteiger partial charge in [0.15, 0.2) is 0 Å². The first-order valence-corrected chi connectivity index (χ1v) is 8.47. The number of benzene rings is 1. The van der Waals surface area contributed by atoms with Crippen LogP contribution < -0.4 is 10.6 Å². The second-order valence-corrected chi connectivity index (χ2v) is 5.91. The van der Waals surface area contributed by atoms with Gasteiger partial charge in [0.1, 0.15) is 17.5 Å². The summed E-state index contributed by atoms with van der Waals surface area (Å²) >= 11 is 0. The molecule has 1 aliphatic heterocycles. The summed E-state index contributed by atoms with van der Waals surface area (Å²) in [5.74, 6) is 2.48. The molecule has 1 aromatic heterocycles. The molecule has 1 saturated heterocycles. The fourth-order valence-corrected chi connectivity index (χ4v) is 2.70. The van der Waals surface area contributed by atoms with Crippen molar-refractivity contribution in [2.45, 2.75) is 13.5 Å². The summed E-state index contributed by atoms with van der Waals surface area (Å²) in [6, 6.07) is 12.3. The zero-order valence-corrected chi connectivity index (χ0v) is 14.2. The monoisotopic (exact) mass is 327 g/mol. The Morgan fingerprint density at radius 3 is 2.50 bits per heavy atom. The fraction of sp³-hybridized carbons (Fsp3) is 0.444. The number of nitrogens with zero attached hydrogens (tertiary/aromatic N) is 3. The zero-order valence-electron chi connectivity index (χ0n) is 14.2. The Hall–Kier alpha value is -2.18. The zero-order chi connectivity index (χ0) is 16.6. The Labute approximate surface area is 143 Å². The Kier molecular flexibility index (Phi) is 5.98. The molecule has 2 N–H and O–H groups in total. The molecule has 1 fully saturated rings. The summed E-state index contributed by atoms with van der Waals surface area (Å²) in [6.45, 7) is 8.22. The maximum Gasteiger partial charge on any atom is 0.132 e. The van der Waals surface area contributed by atoms with Gasteiger partial charge in [0, 0.05) is 38.8 Å². The van der Waals surface area contributed by atoms with E-state index in [1.54, 1.807) is 0 Å². The van der Waals surface area contributed by atoms with Gasteiger partial charge in [-0.15, -0.1) is 0 Å². The molecule has 2 aromatic rings. The van der Waals surface area contributed by atoms with Gasteiger partial charge in [0.25, 0.3) is 0 Å². The van der Waals surface area contributed by atoms with E-state index in [2.05, 4.69) is 37.6 Å². The maximum absolute atomic E-state index is 5.37. The van der Waals surface area contributed by atoms with E-state index in [4.69, 9.17) is 4.74 Å². The molecule has 3 rings (SSSR count). The van der Waals surface area contributed by atoms with Crippen LogP contribution >= 0.6 is 0 Å². The third kappa shape index (κ3) is 5.18. The molecule has 6 nitrogen and oxygen atoms in total. The van der Waals surface area contributed by atoms with Crippen LogP contribution in [0.3, 0.4) is 0 Å². The van der Waals surface area contributed by atoms with Crippen molar-refractivity contribution in [3.05, 3.63) is 47.8 Å². The van der Waals surface area contributed by atoms with Crippen LogP contribution in [0.25, 0.3) is 0 Å². The summed E-state index contributed by atoms with van der Waals surface area (Å²) < 4.78 is 5.37. The predicted octanol–water partition coefficient (Wildman–Crippen LogP) is 2.14. The largest absolute Gasteiger partial charge is 0.379 e. The molecule has 128 valence electrons. The minimum Gasteiger partial charge on any atom is -0.379 e. The van der Waals surface area contributed by atoms with E-state index >= 15 is 0 Å². The maximum atomic E-state index is 5.37. The smallest absolute Gasteiger partial charge is 0.132 e. The molecule has 1 aromatic carbocycles. The van der Waals surface area contributed by atoms with Gasteiger partial charge in [-0.25, -0.2) is 9.97 Å². The number of hydrogen-bond acceptors (Lipinski definition) is 6. The fourth-order valence-electron chi connectivity index (χ4n) is 2.70. The van der Waals surface area contributed by atoms with E-state index in [9.17, 15) is 0 Å². The molecular weight excluding hydrogens is 302 g/mol. The van der Waals surface area contributed by atoms with Crippen molar-refractivity contribution in [3.63, 3.8) is 0 Å². The lowest BCUT2D eigenvalue weighted by Crippen LogP contribution is -2.39. The highest BCUT2D eigenvalue weighted by atomic mass is 16.5. The minimum atomic E-state index is 0.754. The summed E-state index contributed by atoms with van der Waals surface area (Å²) in [4.78, 5) is 11.3. The second kappa shape index (κ2) is 8.61. The van der Waals surface area contributed by atoms with Crippen molar-refractivity contribution in [3.8, 4) is 0 Å². The SMILES string of the molecule is Cc1nc(NCCN2CCOCC2)cc(NCc2ccccc2)n1. The normalized spacial score (nSPS) is 15.2. The third-order valence-electron chi connectivity index (χ3n) is 3.99. The molecule has 0 spiro atoms. The van der Waals surface area contributed by atoms with Crippen LogP contribution in [0.15, 0.2) is 36.4 Å². The van der Waals surface area contributed by atoms with Gasteiger partial charge < -0.3 is 15.4 Å². The van der Waals surface area contributed by atoms with Crippen molar-refractivity contribution < 1.29 is 4.74 Å². The molecule has 0 amide bonds. The summed E-state index contributed by atoms with van der Waals surface area (Å²) in [5, 5.41) is 6.76. The highest BCUT2D eigenvalue weighted by Gasteiger charge is 2.09. The Bertz CT molecular complexity index is 629. The van der Waals surface area contributed by atoms with Crippen molar-refractivity contribution in [1.29, 1.82) is 0 Å². The topological polar surface area (TPSA) is 62.3 Å². The molecule has 0 saturated carbocycles. The number of rotatable bonds is 7. The first kappa shape index (κ1) is 16.7. The Morgan fingerprint density at radius 2 is 1.75 bits per heavy atom. The second-order valence-electron chi connectivity index (χ2n) is 5.91. The van der Waals surface area contributed by atoms with Crippen molar-refractivity contribution in [1.82, 2.24) is 14.9 Å². The molecule has 0 unspecified atom stereocenters. The lowest BCUT2D eigenvalue weighted by atomic mass is 10.2. The van der Waals surface area contributed by atoms with Crippen LogP contribution in [0.2, 0.25) is 0 Å². The van der Waals surface area contributed by atoms with Gasteiger partial charge in [-0.2, -0.15) is 0 Å². The van der Waals surface area contributed by atoms with E-state index in [1.807, 2.05) is 31.2 Å². The quantitative estimate of drug-likeness (QED) is 0.812. The van der Waals surface area contributed by atoms with Gasteiger partial charge in [-0.3, -0.25) is 4.90 Å². The standard InChI is InChI=1S/C18H25N5O/c1-15-21-17(19-7-8-23-9-11-24-12-10-23)13-18(22-15)20-14-16-5-3-2-4-6-16/h2-6,13H,7-12,14H2,1H3,(H2,19,20,21,22). The Balaban J connectivity index is 1.51. The molecule has 1 aliphatic rings. The summed E-state index contributed by atoms with van der Waals surface area (Å²) in [5.41, 5.74) is 1.23. The van der Waals surface area contributed by atoms with Gasteiger partial charge in [0.05, 0.1) is 13.2 Å². The molecular formula is C18H25N5O. The number of nitrogens with one attached hydrogen (secondary N) is 2. The van der Waals surface area contributed by atoms with Crippen LogP contribution in [0.1, 0.15) is 11.4 Å². The molecule has 2 heterocycles. The van der Waals surface area contributed by atoms with Gasteiger partial charge in [-0.1, -0.05) is 30.3 Å². The molecule has 0 bridgehead atoms. The van der Waals surface area contributed by atoms with Crippen LogP contribution in [0.4, 0.5) is 11.6 Å². The number of hydrogen-bond donors (Lipinski definition) is 2. The lowest BCUT2D eigenvalue weighted by molar-refractivity contribution is 0.0398. The van der Waals surface area contributed by atoms with Crippen molar-refractivity contribution >= 4 is 11.6 Å². The van der Waals surface area contributed by atoms with E-state index in [0.717, 1.165) is 63.4 Å². The number of morpholine rings is 1. The van der Waals surface area contributed by atoms with Gasteiger partial charge in [0.2, 0.25) is 0 Å². The average molecular weight is 327 g/mol. The summed E-state index contributed by atoms with van der Waals surface area (Å²) in [7, 11) is 0. The third-order valence-corrected chi connectivity index (χ3v) is 3.99. The van der Waals surface area contributed by atoms with Gasteiger partial charge >= 0.3 is 0 Å². The number of ether oxygens (including phenoxy) is 1. The summed E-state index contributed by atoms with van der Waals surface area (Å²) in [6.07, 6.45) is 0. The van der Waals surface area contributed by atoms with Crippen molar-refractivity contribution in [2.24, 2.45) is 0 Å². The van der Waals surface area contributed by atoms with E-state index in [1.165, 1.54) is 5.56 Å². The highest BCUT2D eigenvalue weighted by molar-refractivity contribution is 5.47. The number of anilines is 2. The first-order valence-electron chi connectivity index (χ1n) is 8.47. The predicted molar refractivity (Wildman–Crippen MR) is 96.3 cm³/mol. The average Bonchev–Trinajstić information content (AvgIpc) is 2.61. The van der Waals surface area contributed by atoms with Gasteiger partial charge in [-0.05, 0) is 12.5 Å². The van der Waals surface area contributed by atoms with Crippen molar-refractivity contribution in [2.75, 3.05) is 50.0 Å². The van der Waals surface area contributed by atoms with Crippen LogP contribution in [0, 0.1) is 6.92 Å². The number of aryl methyl sites for hydroxylation is 1. The van der Waals surface area contributed by atoms with Crippen LogP contribution in [-0.4, -0.2) is 54.3 Å². The van der Waals surface area contributed by atoms with E-state index in [0.29, 0.717) is 0 Å². The minimum absolute atomic E-state index is 0.754. The molecule has 6 heteroatoms. The highest BCUT2D eigenvalue weighted by Crippen LogP contribution is 2.12. The van der Waals surface area contributed by atoms with Crippen LogP contribution in [-0.2, 0) is 11.3 Å². The van der Waals surface area contributed by atoms with E-state index in [-0.39, 0.29) is 0 Å². The molecule has 0 atom stereocenters. The van der Waals surface area contributed by atoms with Crippen LogP contribution in [0.5, 0.6) is 0 Å². The molecule has 0 aliphatic carbocycles. The Morgan fingerprint density at radius 1 is 1.04 bits per heavy atom. The number of aromatic nitrogens is 2. The first-order chi connectivity index (χ1) is 11.8.